The van der Waals surface area contributed by atoms with Crippen LogP contribution >= 0.6 is 0 Å². The normalized spacial score (nSPS) is 26.5. The minimum atomic E-state index is -0.193. The van der Waals surface area contributed by atoms with E-state index in [2.05, 4.69) is 77.8 Å². The Morgan fingerprint density at radius 2 is 2.00 bits per heavy atom. The Hall–Kier alpha value is -2.22. The van der Waals surface area contributed by atoms with E-state index in [1.807, 2.05) is 0 Å². The first kappa shape index (κ1) is 25.8. The molecule has 1 saturated carbocycles. The van der Waals surface area contributed by atoms with Crippen LogP contribution in [0.1, 0.15) is 60.3 Å². The topological polar surface area (TPSA) is 26.0 Å². The van der Waals surface area contributed by atoms with Crippen molar-refractivity contribution in [3.63, 3.8) is 0 Å². The van der Waals surface area contributed by atoms with Crippen LogP contribution in [0.3, 0.4) is 0 Å². The molecule has 6 unspecified atom stereocenters. The van der Waals surface area contributed by atoms with E-state index in [-0.39, 0.29) is 23.3 Å². The fourth-order valence-corrected chi connectivity index (χ4v) is 5.14. The Morgan fingerprint density at radius 1 is 1.33 bits per heavy atom. The maximum Gasteiger partial charge on any atom is 0.0636 e. The van der Waals surface area contributed by atoms with Crippen molar-refractivity contribution in [1.82, 2.24) is 0 Å². The third-order valence-electron chi connectivity index (χ3n) is 6.96. The minimum absolute atomic E-state index is 0.100. The van der Waals surface area contributed by atoms with Gasteiger partial charge in [-0.1, -0.05) is 68.6 Å². The number of nitrogens with two attached hydrogens (primary N) is 1. The van der Waals surface area contributed by atoms with Crippen LogP contribution in [0, 0.1) is 53.8 Å². The highest BCUT2D eigenvalue weighted by molar-refractivity contribution is 5.42. The number of rotatable bonds is 10. The Labute approximate surface area is 186 Å². The van der Waals surface area contributed by atoms with E-state index in [0.717, 1.165) is 17.6 Å². The molecule has 0 aromatic carbocycles. The van der Waals surface area contributed by atoms with E-state index < -0.39 is 0 Å². The quantitative estimate of drug-likeness (QED) is 0.241. The van der Waals surface area contributed by atoms with Gasteiger partial charge in [-0.15, -0.1) is 19.4 Å². The van der Waals surface area contributed by atoms with Crippen LogP contribution in [0.4, 0.5) is 0 Å². The molecule has 1 fully saturated rings. The van der Waals surface area contributed by atoms with Gasteiger partial charge in [0.15, 0.2) is 0 Å². The summed E-state index contributed by atoms with van der Waals surface area (Å²) in [6.45, 7) is 19.0. The van der Waals surface area contributed by atoms with Crippen molar-refractivity contribution in [1.29, 1.82) is 0 Å². The van der Waals surface area contributed by atoms with Gasteiger partial charge in [-0.3, -0.25) is 0 Å². The average Bonchev–Trinajstić information content (AvgIpc) is 3.08. The third-order valence-corrected chi connectivity index (χ3v) is 6.96. The van der Waals surface area contributed by atoms with Gasteiger partial charge in [-0.2, -0.15) is 0 Å². The second-order valence-corrected chi connectivity index (χ2v) is 9.27. The summed E-state index contributed by atoms with van der Waals surface area (Å²) in [4.78, 5) is 0. The van der Waals surface area contributed by atoms with E-state index in [1.165, 1.54) is 24.8 Å². The second-order valence-electron chi connectivity index (χ2n) is 9.27. The summed E-state index contributed by atoms with van der Waals surface area (Å²) in [6, 6.07) is 0.100. The van der Waals surface area contributed by atoms with Gasteiger partial charge in [0.25, 0.3) is 0 Å². The van der Waals surface area contributed by atoms with Gasteiger partial charge < -0.3 is 5.73 Å². The summed E-state index contributed by atoms with van der Waals surface area (Å²) in [5, 5.41) is 0. The highest BCUT2D eigenvalue weighted by atomic mass is 14.7. The largest absolute Gasteiger partial charge is 0.327 e. The van der Waals surface area contributed by atoms with Gasteiger partial charge >= 0.3 is 0 Å². The first-order chi connectivity index (χ1) is 14.1. The lowest BCUT2D eigenvalue weighted by Crippen LogP contribution is -2.39. The molecule has 0 aromatic rings. The predicted molar refractivity (Wildman–Crippen MR) is 134 cm³/mol. The van der Waals surface area contributed by atoms with Crippen molar-refractivity contribution >= 4 is 0 Å². The molecule has 1 rings (SSSR count). The van der Waals surface area contributed by atoms with E-state index in [1.54, 1.807) is 12.2 Å². The van der Waals surface area contributed by atoms with Gasteiger partial charge in [-0.25, -0.2) is 0 Å². The number of terminal acetylenes is 2. The van der Waals surface area contributed by atoms with E-state index in [4.69, 9.17) is 18.6 Å². The molecule has 0 heterocycles. The summed E-state index contributed by atoms with van der Waals surface area (Å²) < 4.78 is 0. The summed E-state index contributed by atoms with van der Waals surface area (Å²) >= 11 is 0. The summed E-state index contributed by atoms with van der Waals surface area (Å²) in [7, 11) is 0. The van der Waals surface area contributed by atoms with E-state index in [9.17, 15) is 0 Å². The Balaban J connectivity index is 3.14. The van der Waals surface area contributed by atoms with Gasteiger partial charge in [0.05, 0.1) is 5.92 Å². The zero-order valence-electron chi connectivity index (χ0n) is 19.7. The molecule has 1 aliphatic rings. The molecule has 162 valence electrons. The predicted octanol–water partition coefficient (Wildman–Crippen LogP) is 6.86. The number of hydrogen-bond acceptors (Lipinski definition) is 1. The maximum atomic E-state index is 6.81. The molecule has 0 radical (unpaired) electrons. The van der Waals surface area contributed by atoms with Crippen LogP contribution in [0.5, 0.6) is 0 Å². The van der Waals surface area contributed by atoms with Crippen molar-refractivity contribution in [2.75, 3.05) is 0 Å². The van der Waals surface area contributed by atoms with Crippen LogP contribution in [0.25, 0.3) is 0 Å². The van der Waals surface area contributed by atoms with Crippen LogP contribution in [-0.4, -0.2) is 6.04 Å². The molecule has 0 spiro atoms. The molecule has 0 saturated heterocycles. The molecule has 1 nitrogen and oxygen atoms in total. The standard InChI is InChI=1S/C29H41N/c1-10-15-25(19-22(7)26(16-11-2)24(12-3)13-4)23(8)28(30)20-29(9)18-14-17-27(29)21(5)6/h2-3,10,13,15-16,19,23-25,27-28H,4-5,14,17-18,20,30H2,1,6-9H3/b15-10-,22-19+,26-16+. The number of allylic oxidation sites excluding steroid dienone is 8. The van der Waals surface area contributed by atoms with Gasteiger partial charge in [0.2, 0.25) is 0 Å². The number of hydrogen-bond donors (Lipinski definition) is 1. The lowest BCUT2D eigenvalue weighted by Gasteiger charge is -2.37. The smallest absolute Gasteiger partial charge is 0.0636 e. The molecular weight excluding hydrogens is 362 g/mol. The van der Waals surface area contributed by atoms with Gasteiger partial charge in [0, 0.05) is 6.04 Å². The van der Waals surface area contributed by atoms with Gasteiger partial charge in [0.1, 0.15) is 0 Å². The average molecular weight is 404 g/mol. The Kier molecular flexibility index (Phi) is 10.2. The molecule has 1 aliphatic carbocycles. The summed E-state index contributed by atoms with van der Waals surface area (Å²) in [6.07, 6.45) is 26.1. The van der Waals surface area contributed by atoms with Crippen LogP contribution in [0.15, 0.2) is 60.3 Å². The summed E-state index contributed by atoms with van der Waals surface area (Å²) in [5.74, 6) is 6.28. The fourth-order valence-electron chi connectivity index (χ4n) is 5.14. The first-order valence-corrected chi connectivity index (χ1v) is 11.1. The molecule has 6 atom stereocenters. The van der Waals surface area contributed by atoms with E-state index in [0.29, 0.717) is 11.8 Å². The molecular formula is C29H41N. The Morgan fingerprint density at radius 3 is 2.50 bits per heavy atom. The highest BCUT2D eigenvalue weighted by Gasteiger charge is 2.41. The van der Waals surface area contributed by atoms with Crippen LogP contribution in [0.2, 0.25) is 0 Å². The molecule has 0 bridgehead atoms. The Bertz CT molecular complexity index is 778. The lowest BCUT2D eigenvalue weighted by atomic mass is 9.69. The molecule has 30 heavy (non-hydrogen) atoms. The second kappa shape index (κ2) is 11.8. The summed E-state index contributed by atoms with van der Waals surface area (Å²) in [5.41, 5.74) is 10.4. The van der Waals surface area contributed by atoms with Crippen molar-refractivity contribution in [2.24, 2.45) is 34.8 Å². The van der Waals surface area contributed by atoms with Crippen molar-refractivity contribution in [3.8, 4) is 24.7 Å². The highest BCUT2D eigenvalue weighted by Crippen LogP contribution is 2.50. The monoisotopic (exact) mass is 403 g/mol. The molecule has 2 N–H and O–H groups in total. The fraction of sp³-hybridized carbons (Fsp3) is 0.517. The third kappa shape index (κ3) is 6.39. The molecule has 0 aromatic heterocycles. The zero-order valence-corrected chi connectivity index (χ0v) is 19.7. The van der Waals surface area contributed by atoms with Crippen LogP contribution < -0.4 is 5.73 Å². The maximum absolute atomic E-state index is 6.81. The van der Waals surface area contributed by atoms with Gasteiger partial charge in [-0.05, 0) is 80.4 Å². The van der Waals surface area contributed by atoms with Crippen LogP contribution in [-0.2, 0) is 0 Å². The molecule has 0 amide bonds. The first-order valence-electron chi connectivity index (χ1n) is 11.1. The van der Waals surface area contributed by atoms with Crippen molar-refractivity contribution in [3.05, 3.63) is 60.3 Å². The minimum Gasteiger partial charge on any atom is -0.327 e. The lowest BCUT2D eigenvalue weighted by molar-refractivity contribution is 0.192. The zero-order chi connectivity index (χ0) is 22.9. The molecule has 1 heteroatoms. The van der Waals surface area contributed by atoms with Crippen molar-refractivity contribution < 1.29 is 0 Å². The molecule has 0 aliphatic heterocycles. The SMILES string of the molecule is C#C/C=C(\C(C)=C\C(/C=C\C)C(C)C(N)CC1(C)CCCC1C(=C)C)C(C#C)C=C. The van der Waals surface area contributed by atoms with E-state index >= 15 is 0 Å². The van der Waals surface area contributed by atoms with Crippen molar-refractivity contribution in [2.45, 2.75) is 66.3 Å².